The van der Waals surface area contributed by atoms with Crippen molar-refractivity contribution >= 4 is 16.7 Å². The Kier molecular flexibility index (Phi) is 5.43. The van der Waals surface area contributed by atoms with Crippen LogP contribution in [0.1, 0.15) is 25.3 Å². The van der Waals surface area contributed by atoms with Crippen molar-refractivity contribution in [1.29, 1.82) is 0 Å². The number of benzene rings is 3. The van der Waals surface area contributed by atoms with Crippen LogP contribution in [0.5, 0.6) is 5.75 Å². The minimum absolute atomic E-state index is 0.291. The van der Waals surface area contributed by atoms with Crippen LogP contribution >= 0.6 is 0 Å². The Morgan fingerprint density at radius 3 is 2.34 bits per heavy atom. The molecule has 1 heterocycles. The van der Waals surface area contributed by atoms with Crippen LogP contribution in [0.4, 0.5) is 5.95 Å². The van der Waals surface area contributed by atoms with Crippen LogP contribution in [0.2, 0.25) is 0 Å². The maximum atomic E-state index is 6.18. The molecule has 1 aromatic heterocycles. The van der Waals surface area contributed by atoms with Crippen molar-refractivity contribution < 1.29 is 4.74 Å². The summed E-state index contributed by atoms with van der Waals surface area (Å²) in [7, 11) is 1.67. The van der Waals surface area contributed by atoms with Crippen molar-refractivity contribution in [2.45, 2.75) is 26.2 Å². The fourth-order valence-corrected chi connectivity index (χ4v) is 3.73. The van der Waals surface area contributed by atoms with Gasteiger partial charge in [-0.1, -0.05) is 55.8 Å². The van der Waals surface area contributed by atoms with Gasteiger partial charge >= 0.3 is 0 Å². The summed E-state index contributed by atoms with van der Waals surface area (Å²) in [5.74, 6) is 1.11. The summed E-state index contributed by atoms with van der Waals surface area (Å²) >= 11 is 0. The van der Waals surface area contributed by atoms with Crippen LogP contribution < -0.4 is 10.5 Å². The molecule has 0 aliphatic heterocycles. The van der Waals surface area contributed by atoms with E-state index in [9.17, 15) is 0 Å². The summed E-state index contributed by atoms with van der Waals surface area (Å²) in [6, 6.07) is 22.7. The first kappa shape index (κ1) is 18.9. The molecule has 4 heteroatoms. The van der Waals surface area contributed by atoms with Crippen molar-refractivity contribution in [3.05, 3.63) is 72.3 Å². The van der Waals surface area contributed by atoms with Gasteiger partial charge in [-0.3, -0.25) is 0 Å². The van der Waals surface area contributed by atoms with Crippen molar-refractivity contribution in [2.75, 3.05) is 12.8 Å². The van der Waals surface area contributed by atoms with Crippen molar-refractivity contribution in [3.8, 4) is 28.3 Å². The predicted octanol–water partition coefficient (Wildman–Crippen LogP) is 5.90. The zero-order valence-corrected chi connectivity index (χ0v) is 16.9. The van der Waals surface area contributed by atoms with Gasteiger partial charge in [0.1, 0.15) is 5.75 Å². The lowest BCUT2D eigenvalue weighted by Crippen LogP contribution is -2.05. The number of methoxy groups -OCH3 is 1. The highest BCUT2D eigenvalue weighted by Gasteiger charge is 2.18. The largest absolute Gasteiger partial charge is 0.497 e. The summed E-state index contributed by atoms with van der Waals surface area (Å²) < 4.78 is 5.31. The highest BCUT2D eigenvalue weighted by molar-refractivity contribution is 5.97. The number of hydrogen-bond donors (Lipinski definition) is 1. The van der Waals surface area contributed by atoms with E-state index in [-0.39, 0.29) is 0 Å². The fourth-order valence-electron chi connectivity index (χ4n) is 3.73. The number of unbranched alkanes of at least 4 members (excludes halogenated alkanes) is 1. The number of aromatic nitrogens is 2. The minimum atomic E-state index is 0.291. The molecule has 2 N–H and O–H groups in total. The number of nitrogen functional groups attached to an aromatic ring is 1. The lowest BCUT2D eigenvalue weighted by Gasteiger charge is -2.16. The first-order valence-electron chi connectivity index (χ1n) is 10.00. The summed E-state index contributed by atoms with van der Waals surface area (Å²) in [6.45, 7) is 2.20. The highest BCUT2D eigenvalue weighted by atomic mass is 16.5. The molecule has 0 aliphatic carbocycles. The molecule has 3 aromatic carbocycles. The SMILES string of the molecule is CCCCc1c(-c2ccc(OC)cc2)nc(N)nc1-c1cccc2ccccc12. The van der Waals surface area contributed by atoms with E-state index in [1.165, 1.54) is 10.8 Å². The fraction of sp³-hybridized carbons (Fsp3) is 0.200. The van der Waals surface area contributed by atoms with Crippen molar-refractivity contribution in [1.82, 2.24) is 9.97 Å². The Morgan fingerprint density at radius 2 is 1.59 bits per heavy atom. The summed E-state index contributed by atoms with van der Waals surface area (Å²) in [6.07, 6.45) is 3.06. The van der Waals surface area contributed by atoms with Crippen molar-refractivity contribution in [3.63, 3.8) is 0 Å². The smallest absolute Gasteiger partial charge is 0.221 e. The molecule has 0 saturated heterocycles. The summed E-state index contributed by atoms with van der Waals surface area (Å²) in [5, 5.41) is 2.36. The highest BCUT2D eigenvalue weighted by Crippen LogP contribution is 2.35. The average Bonchev–Trinajstić information content (AvgIpc) is 2.77. The normalized spacial score (nSPS) is 11.0. The molecular formula is C25H25N3O. The quantitative estimate of drug-likeness (QED) is 0.450. The van der Waals surface area contributed by atoms with Crippen LogP contribution in [0.15, 0.2) is 66.7 Å². The number of ether oxygens (including phenoxy) is 1. The van der Waals surface area contributed by atoms with Gasteiger partial charge in [-0.2, -0.15) is 0 Å². The van der Waals surface area contributed by atoms with Gasteiger partial charge in [0.2, 0.25) is 5.95 Å². The molecule has 4 aromatic rings. The molecule has 0 saturated carbocycles. The Labute approximate surface area is 171 Å². The van der Waals surface area contributed by atoms with Gasteiger partial charge in [0, 0.05) is 16.7 Å². The van der Waals surface area contributed by atoms with Crippen LogP contribution in [-0.2, 0) is 6.42 Å². The molecule has 0 bridgehead atoms. The van der Waals surface area contributed by atoms with Crippen LogP contribution in [0.3, 0.4) is 0 Å². The molecule has 29 heavy (non-hydrogen) atoms. The predicted molar refractivity (Wildman–Crippen MR) is 120 cm³/mol. The molecule has 0 amide bonds. The van der Waals surface area contributed by atoms with E-state index >= 15 is 0 Å². The van der Waals surface area contributed by atoms with E-state index < -0.39 is 0 Å². The van der Waals surface area contributed by atoms with Gasteiger partial charge in [-0.15, -0.1) is 0 Å². The molecule has 4 nitrogen and oxygen atoms in total. The van der Waals surface area contributed by atoms with Crippen LogP contribution in [0.25, 0.3) is 33.3 Å². The second-order valence-corrected chi connectivity index (χ2v) is 7.12. The third-order valence-electron chi connectivity index (χ3n) is 5.21. The maximum Gasteiger partial charge on any atom is 0.221 e. The monoisotopic (exact) mass is 383 g/mol. The number of nitrogens with zero attached hydrogens (tertiary/aromatic N) is 2. The first-order chi connectivity index (χ1) is 14.2. The molecule has 0 spiro atoms. The zero-order chi connectivity index (χ0) is 20.2. The van der Waals surface area contributed by atoms with Gasteiger partial charge < -0.3 is 10.5 Å². The second-order valence-electron chi connectivity index (χ2n) is 7.12. The maximum absolute atomic E-state index is 6.18. The van der Waals surface area contributed by atoms with E-state index in [0.29, 0.717) is 5.95 Å². The van der Waals surface area contributed by atoms with E-state index in [1.54, 1.807) is 7.11 Å². The lowest BCUT2D eigenvalue weighted by atomic mass is 9.93. The van der Waals surface area contributed by atoms with Crippen LogP contribution in [-0.4, -0.2) is 17.1 Å². The number of anilines is 1. The molecule has 146 valence electrons. The van der Waals surface area contributed by atoms with Gasteiger partial charge in [-0.05, 0) is 47.9 Å². The summed E-state index contributed by atoms with van der Waals surface area (Å²) in [4.78, 5) is 9.35. The third-order valence-corrected chi connectivity index (χ3v) is 5.21. The van der Waals surface area contributed by atoms with Gasteiger partial charge in [0.25, 0.3) is 0 Å². The molecule has 0 fully saturated rings. The first-order valence-corrected chi connectivity index (χ1v) is 10.00. The van der Waals surface area contributed by atoms with E-state index in [4.69, 9.17) is 15.5 Å². The Balaban J connectivity index is 1.96. The van der Waals surface area contributed by atoms with Gasteiger partial charge in [-0.25, -0.2) is 9.97 Å². The molecule has 0 aliphatic rings. The van der Waals surface area contributed by atoms with Gasteiger partial charge in [0.15, 0.2) is 0 Å². The molecule has 0 atom stereocenters. The molecule has 0 radical (unpaired) electrons. The Morgan fingerprint density at radius 1 is 0.862 bits per heavy atom. The van der Waals surface area contributed by atoms with E-state index in [0.717, 1.165) is 53.1 Å². The Hall–Kier alpha value is -3.40. The zero-order valence-electron chi connectivity index (χ0n) is 16.9. The number of rotatable bonds is 6. The molecular weight excluding hydrogens is 358 g/mol. The van der Waals surface area contributed by atoms with Gasteiger partial charge in [0.05, 0.1) is 18.5 Å². The minimum Gasteiger partial charge on any atom is -0.497 e. The van der Waals surface area contributed by atoms with E-state index in [1.807, 2.05) is 24.3 Å². The second kappa shape index (κ2) is 8.31. The number of fused-ring (bicyclic) bond motifs is 1. The third kappa shape index (κ3) is 3.79. The van der Waals surface area contributed by atoms with Crippen molar-refractivity contribution in [2.24, 2.45) is 0 Å². The topological polar surface area (TPSA) is 61.0 Å². The lowest BCUT2D eigenvalue weighted by molar-refractivity contribution is 0.415. The average molecular weight is 383 g/mol. The number of hydrogen-bond acceptors (Lipinski definition) is 4. The summed E-state index contributed by atoms with van der Waals surface area (Å²) in [5.41, 5.74) is 11.3. The standard InChI is InChI=1S/C25H25N3O/c1-3-4-10-22-23(18-13-15-19(29-2)16-14-18)27-25(26)28-24(22)21-12-7-9-17-8-5-6-11-20(17)21/h5-9,11-16H,3-4,10H2,1-2H3,(H2,26,27,28). The molecule has 0 unspecified atom stereocenters. The molecule has 4 rings (SSSR count). The Bertz CT molecular complexity index is 1130. The van der Waals surface area contributed by atoms with Crippen LogP contribution in [0, 0.1) is 0 Å². The number of nitrogens with two attached hydrogens (primary N) is 1. The van der Waals surface area contributed by atoms with E-state index in [2.05, 4.69) is 54.4 Å².